The number of aromatic hydroxyl groups is 1. The molecule has 0 aromatic heterocycles. The number of rotatable bonds is 7. The largest absolute Gasteiger partial charge is 0.507 e. The molecule has 1 aliphatic rings. The molecule has 1 aliphatic carbocycles. The first-order chi connectivity index (χ1) is 13.0. The smallest absolute Gasteiger partial charge is 0.342 e. The summed E-state index contributed by atoms with van der Waals surface area (Å²) in [6.45, 7) is 0.0603. The molecule has 0 radical (unpaired) electrons. The molecule has 0 atom stereocenters. The van der Waals surface area contributed by atoms with Crippen molar-refractivity contribution in [1.82, 2.24) is 4.90 Å². The molecule has 0 spiro atoms. The summed E-state index contributed by atoms with van der Waals surface area (Å²) < 4.78 is 10.2. The van der Waals surface area contributed by atoms with Crippen LogP contribution in [0.2, 0.25) is 5.02 Å². The molecule has 0 unspecified atom stereocenters. The van der Waals surface area contributed by atoms with Crippen LogP contribution in [-0.4, -0.2) is 41.6 Å². The number of ether oxygens (including phenoxy) is 2. The van der Waals surface area contributed by atoms with E-state index in [0.29, 0.717) is 11.6 Å². The van der Waals surface area contributed by atoms with Crippen LogP contribution in [0.25, 0.3) is 0 Å². The van der Waals surface area contributed by atoms with Crippen LogP contribution in [0.5, 0.6) is 11.5 Å². The number of nitrogens with zero attached hydrogens (tertiary/aromatic N) is 1. The Morgan fingerprint density at radius 1 is 1.19 bits per heavy atom. The van der Waals surface area contributed by atoms with Gasteiger partial charge in [-0.3, -0.25) is 4.79 Å². The first-order valence-corrected chi connectivity index (χ1v) is 8.94. The molecule has 0 bridgehead atoms. The zero-order valence-electron chi connectivity index (χ0n) is 14.9. The molecule has 2 aromatic rings. The van der Waals surface area contributed by atoms with E-state index in [1.165, 1.54) is 18.2 Å². The lowest BCUT2D eigenvalue weighted by Gasteiger charge is -2.22. The number of esters is 1. The SMILES string of the molecule is COc1ccc(CN(C(=O)COC(=O)c2ccc(Cl)cc2O)C2CC2)cc1. The molecule has 27 heavy (non-hydrogen) atoms. The molecule has 0 aliphatic heterocycles. The molecule has 1 fully saturated rings. The summed E-state index contributed by atoms with van der Waals surface area (Å²) in [5, 5.41) is 10.1. The van der Waals surface area contributed by atoms with Gasteiger partial charge in [0.2, 0.25) is 0 Å². The molecule has 6 nitrogen and oxygen atoms in total. The van der Waals surface area contributed by atoms with Crippen LogP contribution in [0.15, 0.2) is 42.5 Å². The van der Waals surface area contributed by atoms with Gasteiger partial charge in [-0.1, -0.05) is 23.7 Å². The van der Waals surface area contributed by atoms with Crippen molar-refractivity contribution in [3.05, 3.63) is 58.6 Å². The molecule has 3 rings (SSSR count). The van der Waals surface area contributed by atoms with Crippen LogP contribution < -0.4 is 4.74 Å². The van der Waals surface area contributed by atoms with E-state index in [0.717, 1.165) is 24.2 Å². The molecule has 1 saturated carbocycles. The number of benzene rings is 2. The average molecular weight is 390 g/mol. The Bertz CT molecular complexity index is 833. The molecule has 2 aromatic carbocycles. The van der Waals surface area contributed by atoms with E-state index in [1.807, 2.05) is 24.3 Å². The maximum atomic E-state index is 12.6. The van der Waals surface area contributed by atoms with E-state index >= 15 is 0 Å². The second-order valence-electron chi connectivity index (χ2n) is 6.34. The lowest BCUT2D eigenvalue weighted by atomic mass is 10.2. The van der Waals surface area contributed by atoms with Gasteiger partial charge < -0.3 is 19.5 Å². The van der Waals surface area contributed by atoms with Gasteiger partial charge in [0.25, 0.3) is 5.91 Å². The van der Waals surface area contributed by atoms with Crippen molar-refractivity contribution in [2.75, 3.05) is 13.7 Å². The third kappa shape index (κ3) is 4.92. The number of carbonyl (C=O) groups excluding carboxylic acids is 2. The van der Waals surface area contributed by atoms with Crippen molar-refractivity contribution < 1.29 is 24.2 Å². The molecule has 0 saturated heterocycles. The number of halogens is 1. The van der Waals surface area contributed by atoms with Gasteiger partial charge in [-0.25, -0.2) is 4.79 Å². The Kier molecular flexibility index (Phi) is 5.86. The van der Waals surface area contributed by atoms with E-state index in [1.54, 1.807) is 12.0 Å². The Balaban J connectivity index is 1.60. The van der Waals surface area contributed by atoms with Crippen LogP contribution in [-0.2, 0) is 16.1 Å². The van der Waals surface area contributed by atoms with Gasteiger partial charge in [0.15, 0.2) is 6.61 Å². The fraction of sp³-hybridized carbons (Fsp3) is 0.300. The second-order valence-corrected chi connectivity index (χ2v) is 6.77. The van der Waals surface area contributed by atoms with Gasteiger partial charge in [0.1, 0.15) is 17.1 Å². The normalized spacial score (nSPS) is 13.1. The van der Waals surface area contributed by atoms with Gasteiger partial charge in [-0.05, 0) is 48.7 Å². The quantitative estimate of drug-likeness (QED) is 0.734. The van der Waals surface area contributed by atoms with Crippen molar-refractivity contribution >= 4 is 23.5 Å². The summed E-state index contributed by atoms with van der Waals surface area (Å²) >= 11 is 5.75. The summed E-state index contributed by atoms with van der Waals surface area (Å²) in [5.41, 5.74) is 0.943. The fourth-order valence-electron chi connectivity index (χ4n) is 2.70. The lowest BCUT2D eigenvalue weighted by molar-refractivity contribution is -0.135. The van der Waals surface area contributed by atoms with Crippen LogP contribution in [0.1, 0.15) is 28.8 Å². The van der Waals surface area contributed by atoms with Crippen LogP contribution in [0, 0.1) is 0 Å². The highest BCUT2D eigenvalue weighted by molar-refractivity contribution is 6.30. The highest BCUT2D eigenvalue weighted by Crippen LogP contribution is 2.29. The number of phenols is 1. The Morgan fingerprint density at radius 3 is 2.48 bits per heavy atom. The lowest BCUT2D eigenvalue weighted by Crippen LogP contribution is -2.36. The summed E-state index contributed by atoms with van der Waals surface area (Å²) in [7, 11) is 1.60. The standard InChI is InChI=1S/C20H20ClNO5/c1-26-16-7-2-13(3-8-16)11-22(15-5-6-15)19(24)12-27-20(25)17-9-4-14(21)10-18(17)23/h2-4,7-10,15,23H,5-6,11-12H2,1H3. The minimum atomic E-state index is -0.766. The second kappa shape index (κ2) is 8.31. The van der Waals surface area contributed by atoms with Gasteiger partial charge in [0.05, 0.1) is 7.11 Å². The fourth-order valence-corrected chi connectivity index (χ4v) is 2.87. The minimum Gasteiger partial charge on any atom is -0.507 e. The number of hydrogen-bond donors (Lipinski definition) is 1. The van der Waals surface area contributed by atoms with Crippen molar-refractivity contribution in [1.29, 1.82) is 0 Å². The number of methoxy groups -OCH3 is 1. The van der Waals surface area contributed by atoms with Crippen molar-refractivity contribution in [2.45, 2.75) is 25.4 Å². The maximum Gasteiger partial charge on any atom is 0.342 e. The minimum absolute atomic E-state index is 0.0275. The summed E-state index contributed by atoms with van der Waals surface area (Å²) in [4.78, 5) is 26.4. The molecule has 1 N–H and O–H groups in total. The molecular weight excluding hydrogens is 370 g/mol. The molecule has 142 valence electrons. The molecular formula is C20H20ClNO5. The molecule has 1 amide bonds. The van der Waals surface area contributed by atoms with Gasteiger partial charge in [0, 0.05) is 17.6 Å². The topological polar surface area (TPSA) is 76.1 Å². The number of phenolic OH excluding ortho intramolecular Hbond substituents is 1. The van der Waals surface area contributed by atoms with Gasteiger partial charge in [-0.2, -0.15) is 0 Å². The maximum absolute atomic E-state index is 12.6. The third-order valence-corrected chi connectivity index (χ3v) is 4.56. The van der Waals surface area contributed by atoms with Crippen molar-refractivity contribution in [3.8, 4) is 11.5 Å². The Hall–Kier alpha value is -2.73. The first-order valence-electron chi connectivity index (χ1n) is 8.56. The molecule has 0 heterocycles. The number of amides is 1. The molecule has 7 heteroatoms. The van der Waals surface area contributed by atoms with E-state index in [-0.39, 0.29) is 29.9 Å². The highest BCUT2D eigenvalue weighted by Gasteiger charge is 2.33. The van der Waals surface area contributed by atoms with Gasteiger partial charge in [-0.15, -0.1) is 0 Å². The predicted octanol–water partition coefficient (Wildman–Crippen LogP) is 3.40. The zero-order chi connectivity index (χ0) is 19.4. The van der Waals surface area contributed by atoms with Crippen LogP contribution >= 0.6 is 11.6 Å². The highest BCUT2D eigenvalue weighted by atomic mass is 35.5. The Labute approximate surface area is 162 Å². The van der Waals surface area contributed by atoms with Crippen LogP contribution in [0.4, 0.5) is 0 Å². The summed E-state index contributed by atoms with van der Waals surface area (Å²) in [5.74, 6) is -0.565. The van der Waals surface area contributed by atoms with Crippen molar-refractivity contribution in [2.24, 2.45) is 0 Å². The van der Waals surface area contributed by atoms with E-state index in [4.69, 9.17) is 21.1 Å². The van der Waals surface area contributed by atoms with Crippen molar-refractivity contribution in [3.63, 3.8) is 0 Å². The van der Waals surface area contributed by atoms with E-state index < -0.39 is 5.97 Å². The summed E-state index contributed by atoms with van der Waals surface area (Å²) in [6.07, 6.45) is 1.88. The zero-order valence-corrected chi connectivity index (χ0v) is 15.6. The van der Waals surface area contributed by atoms with E-state index in [9.17, 15) is 14.7 Å². The van der Waals surface area contributed by atoms with E-state index in [2.05, 4.69) is 0 Å². The van der Waals surface area contributed by atoms with Crippen LogP contribution in [0.3, 0.4) is 0 Å². The first kappa shape index (κ1) is 19.0. The number of carbonyl (C=O) groups is 2. The monoisotopic (exact) mass is 389 g/mol. The van der Waals surface area contributed by atoms with Gasteiger partial charge >= 0.3 is 5.97 Å². The number of hydrogen-bond acceptors (Lipinski definition) is 5. The third-order valence-electron chi connectivity index (χ3n) is 4.33. The summed E-state index contributed by atoms with van der Waals surface area (Å²) in [6, 6.07) is 11.7. The Morgan fingerprint density at radius 2 is 1.89 bits per heavy atom. The average Bonchev–Trinajstić information content (AvgIpc) is 3.49. The predicted molar refractivity (Wildman–Crippen MR) is 100.0 cm³/mol.